The molecule has 2 rings (SSSR count). The Kier molecular flexibility index (Phi) is 4.89. The monoisotopic (exact) mass is 305 g/mol. The first-order valence-corrected chi connectivity index (χ1v) is 7.10. The van der Waals surface area contributed by atoms with Gasteiger partial charge in [-0.2, -0.15) is 0 Å². The highest BCUT2D eigenvalue weighted by atomic mass is 32.1. The Morgan fingerprint density at radius 3 is 2.52 bits per heavy atom. The van der Waals surface area contributed by atoms with Crippen molar-refractivity contribution in [2.24, 2.45) is 0 Å². The Morgan fingerprint density at radius 1 is 1.24 bits per heavy atom. The maximum absolute atomic E-state index is 11.7. The van der Waals surface area contributed by atoms with Crippen LogP contribution in [0.15, 0.2) is 29.6 Å². The molecular weight excluding hydrogens is 290 g/mol. The van der Waals surface area contributed by atoms with E-state index in [4.69, 9.17) is 4.74 Å². The topological polar surface area (TPSA) is 80.3 Å². The molecule has 0 fully saturated rings. The molecule has 0 radical (unpaired) electrons. The molecule has 6 nitrogen and oxygen atoms in total. The molecule has 21 heavy (non-hydrogen) atoms. The van der Waals surface area contributed by atoms with Crippen LogP contribution in [0.2, 0.25) is 0 Å². The van der Waals surface area contributed by atoms with E-state index in [2.05, 4.69) is 15.6 Å². The fourth-order valence-electron chi connectivity index (χ4n) is 1.57. The van der Waals surface area contributed by atoms with Gasteiger partial charge in [0.25, 0.3) is 0 Å². The number of methoxy groups -OCH3 is 1. The Balaban J connectivity index is 1.84. The summed E-state index contributed by atoms with van der Waals surface area (Å²) in [5.41, 5.74) is 1.68. The van der Waals surface area contributed by atoms with Crippen LogP contribution in [0.5, 0.6) is 5.75 Å². The van der Waals surface area contributed by atoms with E-state index in [0.717, 1.165) is 17.0 Å². The molecule has 2 N–H and O–H groups in total. The molecule has 0 spiro atoms. The van der Waals surface area contributed by atoms with Crippen molar-refractivity contribution in [1.29, 1.82) is 0 Å². The number of hydrogen-bond acceptors (Lipinski definition) is 5. The van der Waals surface area contributed by atoms with Gasteiger partial charge in [-0.3, -0.25) is 14.9 Å². The number of nitrogens with one attached hydrogen (secondary N) is 2. The third-order valence-corrected chi connectivity index (χ3v) is 3.53. The molecule has 0 saturated carbocycles. The van der Waals surface area contributed by atoms with Gasteiger partial charge in [-0.05, 0) is 24.6 Å². The van der Waals surface area contributed by atoms with E-state index in [-0.39, 0.29) is 6.54 Å². The predicted molar refractivity (Wildman–Crippen MR) is 80.3 cm³/mol. The zero-order valence-electron chi connectivity index (χ0n) is 11.7. The van der Waals surface area contributed by atoms with Crippen molar-refractivity contribution < 1.29 is 14.3 Å². The lowest BCUT2D eigenvalue weighted by atomic mass is 10.2. The third-order valence-electron chi connectivity index (χ3n) is 2.66. The summed E-state index contributed by atoms with van der Waals surface area (Å²) in [4.78, 5) is 27.4. The van der Waals surface area contributed by atoms with Crippen LogP contribution in [0, 0.1) is 6.92 Å². The Labute approximate surface area is 126 Å². The number of benzene rings is 1. The van der Waals surface area contributed by atoms with Crippen LogP contribution in [-0.4, -0.2) is 23.9 Å². The van der Waals surface area contributed by atoms with Gasteiger partial charge in [-0.15, -0.1) is 11.3 Å². The second-order valence-electron chi connectivity index (χ2n) is 4.28. The first-order chi connectivity index (χ1) is 10.1. The largest absolute Gasteiger partial charge is 0.497 e. The van der Waals surface area contributed by atoms with E-state index in [1.165, 1.54) is 11.3 Å². The zero-order chi connectivity index (χ0) is 15.2. The van der Waals surface area contributed by atoms with Gasteiger partial charge in [0.15, 0.2) is 5.13 Å². The number of rotatable bonds is 4. The van der Waals surface area contributed by atoms with Gasteiger partial charge in [0.1, 0.15) is 5.75 Å². The highest BCUT2D eigenvalue weighted by Crippen LogP contribution is 2.14. The van der Waals surface area contributed by atoms with Gasteiger partial charge in [-0.1, -0.05) is 12.1 Å². The summed E-state index contributed by atoms with van der Waals surface area (Å²) < 4.78 is 5.04. The lowest BCUT2D eigenvalue weighted by Crippen LogP contribution is -2.34. The molecule has 0 aliphatic rings. The molecule has 110 valence electrons. The summed E-state index contributed by atoms with van der Waals surface area (Å²) in [6.07, 6.45) is 0. The molecule has 1 heterocycles. The van der Waals surface area contributed by atoms with Crippen LogP contribution in [-0.2, 0) is 16.1 Å². The number of amides is 2. The fourth-order valence-corrected chi connectivity index (χ4v) is 2.25. The number of ether oxygens (including phenoxy) is 1. The Morgan fingerprint density at radius 2 is 1.95 bits per heavy atom. The molecule has 0 unspecified atom stereocenters. The molecule has 2 amide bonds. The summed E-state index contributed by atoms with van der Waals surface area (Å²) in [7, 11) is 1.58. The number of aromatic nitrogens is 1. The molecule has 0 saturated heterocycles. The Hall–Kier alpha value is -2.41. The van der Waals surface area contributed by atoms with Crippen molar-refractivity contribution in [3.05, 3.63) is 40.9 Å². The van der Waals surface area contributed by atoms with Crippen molar-refractivity contribution >= 4 is 28.3 Å². The lowest BCUT2D eigenvalue weighted by molar-refractivity contribution is -0.136. The molecule has 0 aliphatic carbocycles. The van der Waals surface area contributed by atoms with Gasteiger partial charge >= 0.3 is 11.8 Å². The average Bonchev–Trinajstić information content (AvgIpc) is 2.90. The van der Waals surface area contributed by atoms with Gasteiger partial charge in [0.05, 0.1) is 12.8 Å². The number of carbonyl (C=O) groups excluding carboxylic acids is 2. The van der Waals surface area contributed by atoms with E-state index in [1.54, 1.807) is 24.6 Å². The molecule has 7 heteroatoms. The normalized spacial score (nSPS) is 10.0. The maximum Gasteiger partial charge on any atom is 0.315 e. The highest BCUT2D eigenvalue weighted by Gasteiger charge is 2.14. The second kappa shape index (κ2) is 6.85. The third kappa shape index (κ3) is 4.28. The summed E-state index contributed by atoms with van der Waals surface area (Å²) >= 11 is 1.28. The average molecular weight is 305 g/mol. The van der Waals surface area contributed by atoms with Crippen LogP contribution in [0.3, 0.4) is 0 Å². The maximum atomic E-state index is 11.7. The molecule has 0 atom stereocenters. The van der Waals surface area contributed by atoms with Crippen molar-refractivity contribution in [3.8, 4) is 5.75 Å². The van der Waals surface area contributed by atoms with Gasteiger partial charge in [0, 0.05) is 11.9 Å². The number of nitrogens with zero attached hydrogens (tertiary/aromatic N) is 1. The summed E-state index contributed by atoms with van der Waals surface area (Å²) in [6, 6.07) is 7.22. The highest BCUT2D eigenvalue weighted by molar-refractivity contribution is 7.14. The quantitative estimate of drug-likeness (QED) is 0.843. The zero-order valence-corrected chi connectivity index (χ0v) is 12.5. The Bertz CT molecular complexity index is 637. The fraction of sp³-hybridized carbons (Fsp3) is 0.214. The molecule has 2 aromatic rings. The van der Waals surface area contributed by atoms with E-state index in [9.17, 15) is 9.59 Å². The number of anilines is 1. The standard InChI is InChI=1S/C14H15N3O3S/c1-9-8-21-14(16-9)17-13(19)12(18)15-7-10-3-5-11(20-2)6-4-10/h3-6,8H,7H2,1-2H3,(H,15,18)(H,16,17,19). The summed E-state index contributed by atoms with van der Waals surface area (Å²) in [5, 5.41) is 7.21. The minimum absolute atomic E-state index is 0.271. The minimum Gasteiger partial charge on any atom is -0.497 e. The summed E-state index contributed by atoms with van der Waals surface area (Å²) in [5.74, 6) is -0.682. The van der Waals surface area contributed by atoms with E-state index in [1.807, 2.05) is 19.1 Å². The van der Waals surface area contributed by atoms with Crippen molar-refractivity contribution in [2.45, 2.75) is 13.5 Å². The van der Waals surface area contributed by atoms with E-state index >= 15 is 0 Å². The molecule has 0 bridgehead atoms. The van der Waals surface area contributed by atoms with Crippen LogP contribution >= 0.6 is 11.3 Å². The van der Waals surface area contributed by atoms with Crippen molar-refractivity contribution in [1.82, 2.24) is 10.3 Å². The number of carbonyl (C=O) groups is 2. The van der Waals surface area contributed by atoms with Crippen molar-refractivity contribution in [3.63, 3.8) is 0 Å². The van der Waals surface area contributed by atoms with Crippen LogP contribution < -0.4 is 15.4 Å². The van der Waals surface area contributed by atoms with Crippen LogP contribution in [0.25, 0.3) is 0 Å². The van der Waals surface area contributed by atoms with E-state index < -0.39 is 11.8 Å². The van der Waals surface area contributed by atoms with Gasteiger partial charge in [-0.25, -0.2) is 4.98 Å². The number of hydrogen-bond donors (Lipinski definition) is 2. The van der Waals surface area contributed by atoms with Gasteiger partial charge < -0.3 is 10.1 Å². The SMILES string of the molecule is COc1ccc(CNC(=O)C(=O)Nc2nc(C)cs2)cc1. The number of thiazole rings is 1. The first kappa shape index (κ1) is 15.0. The number of aryl methyl sites for hydroxylation is 1. The minimum atomic E-state index is -0.724. The summed E-state index contributed by atoms with van der Waals surface area (Å²) in [6.45, 7) is 2.09. The van der Waals surface area contributed by atoms with Crippen LogP contribution in [0.1, 0.15) is 11.3 Å². The van der Waals surface area contributed by atoms with Crippen LogP contribution in [0.4, 0.5) is 5.13 Å². The molecular formula is C14H15N3O3S. The molecule has 1 aromatic heterocycles. The van der Waals surface area contributed by atoms with Crippen molar-refractivity contribution in [2.75, 3.05) is 12.4 Å². The van der Waals surface area contributed by atoms with Gasteiger partial charge in [0.2, 0.25) is 0 Å². The van der Waals surface area contributed by atoms with E-state index in [0.29, 0.717) is 5.13 Å². The predicted octanol–water partition coefficient (Wildman–Crippen LogP) is 1.72. The lowest BCUT2D eigenvalue weighted by Gasteiger charge is -2.06. The molecule has 1 aromatic carbocycles. The first-order valence-electron chi connectivity index (χ1n) is 6.22. The second-order valence-corrected chi connectivity index (χ2v) is 5.14. The smallest absolute Gasteiger partial charge is 0.315 e. The molecule has 0 aliphatic heterocycles.